The van der Waals surface area contributed by atoms with Crippen molar-refractivity contribution in [3.05, 3.63) is 65.0 Å². The van der Waals surface area contributed by atoms with Crippen molar-refractivity contribution in [2.75, 3.05) is 18.9 Å². The predicted octanol–water partition coefficient (Wildman–Crippen LogP) is 2.25. The number of benzene rings is 2. The lowest BCUT2D eigenvalue weighted by atomic mass is 10.1. The van der Waals surface area contributed by atoms with E-state index in [2.05, 4.69) is 14.9 Å². The Morgan fingerprint density at radius 2 is 1.74 bits per heavy atom. The van der Waals surface area contributed by atoms with Crippen LogP contribution in [0.1, 0.15) is 0 Å². The van der Waals surface area contributed by atoms with E-state index in [1.54, 1.807) is 30.3 Å². The van der Waals surface area contributed by atoms with Crippen molar-refractivity contribution in [3.63, 3.8) is 0 Å². The SMILES string of the molecule is COc1ccc(S(=O)(=O)Nc2cccc(-c3ccc(=O)[nH]n3)c2)cc1OC. The smallest absolute Gasteiger partial charge is 0.264 e. The Labute approximate surface area is 155 Å². The Morgan fingerprint density at radius 1 is 0.963 bits per heavy atom. The Balaban J connectivity index is 1.91. The van der Waals surface area contributed by atoms with Gasteiger partial charge in [-0.15, -0.1) is 0 Å². The van der Waals surface area contributed by atoms with E-state index in [1.807, 2.05) is 0 Å². The molecular formula is C18H17N3O5S. The molecule has 0 aliphatic heterocycles. The summed E-state index contributed by atoms with van der Waals surface area (Å²) in [6.45, 7) is 0. The van der Waals surface area contributed by atoms with Gasteiger partial charge in [0.2, 0.25) is 0 Å². The Bertz CT molecular complexity index is 1110. The molecule has 2 N–H and O–H groups in total. The van der Waals surface area contributed by atoms with E-state index in [4.69, 9.17) is 9.47 Å². The summed E-state index contributed by atoms with van der Waals surface area (Å²) in [6.07, 6.45) is 0. The van der Waals surface area contributed by atoms with Crippen LogP contribution >= 0.6 is 0 Å². The summed E-state index contributed by atoms with van der Waals surface area (Å²) >= 11 is 0. The van der Waals surface area contributed by atoms with Crippen molar-refractivity contribution < 1.29 is 17.9 Å². The maximum Gasteiger partial charge on any atom is 0.264 e. The molecule has 0 unspecified atom stereocenters. The van der Waals surface area contributed by atoms with Gasteiger partial charge >= 0.3 is 0 Å². The molecule has 0 amide bonds. The number of hydrogen-bond acceptors (Lipinski definition) is 6. The first-order valence-electron chi connectivity index (χ1n) is 7.84. The maximum absolute atomic E-state index is 12.7. The number of aromatic nitrogens is 2. The molecular weight excluding hydrogens is 370 g/mol. The molecule has 3 aromatic rings. The van der Waals surface area contributed by atoms with Gasteiger partial charge in [0.1, 0.15) is 0 Å². The summed E-state index contributed by atoms with van der Waals surface area (Å²) in [7, 11) is -0.935. The minimum atomic E-state index is -3.84. The van der Waals surface area contributed by atoms with Gasteiger partial charge in [0.05, 0.1) is 24.8 Å². The van der Waals surface area contributed by atoms with Gasteiger partial charge in [-0.2, -0.15) is 5.10 Å². The molecule has 0 saturated carbocycles. The van der Waals surface area contributed by atoms with Crippen LogP contribution in [0, 0.1) is 0 Å². The van der Waals surface area contributed by atoms with Crippen LogP contribution in [0.3, 0.4) is 0 Å². The largest absolute Gasteiger partial charge is 0.493 e. The van der Waals surface area contributed by atoms with Gasteiger partial charge in [-0.05, 0) is 30.3 Å². The van der Waals surface area contributed by atoms with Crippen LogP contribution in [0.25, 0.3) is 11.3 Å². The number of anilines is 1. The van der Waals surface area contributed by atoms with Crippen molar-refractivity contribution in [1.82, 2.24) is 10.2 Å². The lowest BCUT2D eigenvalue weighted by Crippen LogP contribution is -2.13. The van der Waals surface area contributed by atoms with E-state index in [-0.39, 0.29) is 10.5 Å². The Morgan fingerprint density at radius 3 is 2.41 bits per heavy atom. The number of hydrogen-bond donors (Lipinski definition) is 2. The summed E-state index contributed by atoms with van der Waals surface area (Å²) in [4.78, 5) is 11.2. The maximum atomic E-state index is 12.7. The van der Waals surface area contributed by atoms with Crippen LogP contribution in [0.4, 0.5) is 5.69 Å². The molecule has 8 nitrogen and oxygen atoms in total. The summed E-state index contributed by atoms with van der Waals surface area (Å²) in [6, 6.07) is 13.9. The molecule has 140 valence electrons. The molecule has 0 spiro atoms. The quantitative estimate of drug-likeness (QED) is 0.671. The molecule has 0 saturated heterocycles. The van der Waals surface area contributed by atoms with Crippen molar-refractivity contribution in [1.29, 1.82) is 0 Å². The average molecular weight is 387 g/mol. The highest BCUT2D eigenvalue weighted by atomic mass is 32.2. The molecule has 9 heteroatoms. The lowest BCUT2D eigenvalue weighted by Gasteiger charge is -2.12. The standard InChI is InChI=1S/C18H17N3O5S/c1-25-16-8-6-14(11-17(16)26-2)27(23,24)21-13-5-3-4-12(10-13)15-7-9-18(22)20-19-15/h3-11,21H,1-2H3,(H,20,22). The second kappa shape index (κ2) is 7.50. The van der Waals surface area contributed by atoms with Crippen LogP contribution in [-0.4, -0.2) is 32.8 Å². The summed E-state index contributed by atoms with van der Waals surface area (Å²) in [5, 5.41) is 6.29. The molecule has 0 atom stereocenters. The first kappa shape index (κ1) is 18.5. The zero-order valence-corrected chi connectivity index (χ0v) is 15.4. The summed E-state index contributed by atoms with van der Waals surface area (Å²) < 4.78 is 38.2. The first-order valence-corrected chi connectivity index (χ1v) is 9.32. The first-order chi connectivity index (χ1) is 12.9. The van der Waals surface area contributed by atoms with Crippen molar-refractivity contribution >= 4 is 15.7 Å². The number of ether oxygens (including phenoxy) is 2. The van der Waals surface area contributed by atoms with Crippen LogP contribution < -0.4 is 19.8 Å². The zero-order valence-electron chi connectivity index (χ0n) is 14.6. The fourth-order valence-electron chi connectivity index (χ4n) is 2.45. The summed E-state index contributed by atoms with van der Waals surface area (Å²) in [5.74, 6) is 0.745. The van der Waals surface area contributed by atoms with E-state index in [1.165, 1.54) is 38.5 Å². The van der Waals surface area contributed by atoms with Crippen LogP contribution in [0.15, 0.2) is 64.3 Å². The summed E-state index contributed by atoms with van der Waals surface area (Å²) in [5.41, 5.74) is 1.21. The molecule has 0 fully saturated rings. The van der Waals surface area contributed by atoms with E-state index >= 15 is 0 Å². The van der Waals surface area contributed by atoms with Gasteiger partial charge in [-0.3, -0.25) is 9.52 Å². The molecule has 1 aromatic heterocycles. The predicted molar refractivity (Wildman–Crippen MR) is 101 cm³/mol. The number of nitrogens with one attached hydrogen (secondary N) is 2. The van der Waals surface area contributed by atoms with E-state index in [0.29, 0.717) is 28.4 Å². The third kappa shape index (κ3) is 4.09. The second-order valence-corrected chi connectivity index (χ2v) is 7.19. The zero-order chi connectivity index (χ0) is 19.4. The molecule has 0 radical (unpaired) electrons. The van der Waals surface area contributed by atoms with Gasteiger partial charge in [-0.1, -0.05) is 12.1 Å². The fraction of sp³-hybridized carbons (Fsp3) is 0.111. The molecule has 0 aliphatic carbocycles. The van der Waals surface area contributed by atoms with Gasteiger partial charge in [0.15, 0.2) is 11.5 Å². The lowest BCUT2D eigenvalue weighted by molar-refractivity contribution is 0.354. The third-order valence-electron chi connectivity index (χ3n) is 3.75. The average Bonchev–Trinajstić information content (AvgIpc) is 2.67. The molecule has 1 heterocycles. The third-order valence-corrected chi connectivity index (χ3v) is 5.13. The van der Waals surface area contributed by atoms with E-state index in [0.717, 1.165) is 0 Å². The molecule has 0 aliphatic rings. The number of methoxy groups -OCH3 is 2. The van der Waals surface area contributed by atoms with Crippen LogP contribution in [0.2, 0.25) is 0 Å². The van der Waals surface area contributed by atoms with Crippen LogP contribution in [0.5, 0.6) is 11.5 Å². The monoisotopic (exact) mass is 387 g/mol. The number of H-pyrrole nitrogens is 1. The number of aromatic amines is 1. The number of nitrogens with zero attached hydrogens (tertiary/aromatic N) is 1. The van der Waals surface area contributed by atoms with Crippen molar-refractivity contribution in [2.24, 2.45) is 0 Å². The number of rotatable bonds is 6. The minimum Gasteiger partial charge on any atom is -0.493 e. The molecule has 3 rings (SSSR count). The van der Waals surface area contributed by atoms with Crippen molar-refractivity contribution in [2.45, 2.75) is 4.90 Å². The Hall–Kier alpha value is -3.33. The number of sulfonamides is 1. The molecule has 0 bridgehead atoms. The highest BCUT2D eigenvalue weighted by molar-refractivity contribution is 7.92. The van der Waals surface area contributed by atoms with Gasteiger partial charge in [0, 0.05) is 23.4 Å². The second-order valence-electron chi connectivity index (χ2n) is 5.51. The minimum absolute atomic E-state index is 0.0349. The topological polar surface area (TPSA) is 110 Å². The Kier molecular flexibility index (Phi) is 5.13. The normalized spacial score (nSPS) is 11.0. The molecule has 2 aromatic carbocycles. The van der Waals surface area contributed by atoms with E-state index in [9.17, 15) is 13.2 Å². The van der Waals surface area contributed by atoms with Gasteiger partial charge in [0.25, 0.3) is 15.6 Å². The highest BCUT2D eigenvalue weighted by Gasteiger charge is 2.17. The van der Waals surface area contributed by atoms with Gasteiger partial charge < -0.3 is 9.47 Å². The fourth-order valence-corrected chi connectivity index (χ4v) is 3.51. The van der Waals surface area contributed by atoms with Crippen molar-refractivity contribution in [3.8, 4) is 22.8 Å². The van der Waals surface area contributed by atoms with E-state index < -0.39 is 10.0 Å². The van der Waals surface area contributed by atoms with Crippen LogP contribution in [-0.2, 0) is 10.0 Å². The molecule has 27 heavy (non-hydrogen) atoms. The highest BCUT2D eigenvalue weighted by Crippen LogP contribution is 2.30. The van der Waals surface area contributed by atoms with Gasteiger partial charge in [-0.25, -0.2) is 13.5 Å².